The molecule has 2 heterocycles. The van der Waals surface area contributed by atoms with Crippen molar-refractivity contribution >= 4 is 6.09 Å². The molecule has 0 aromatic rings. The zero-order valence-corrected chi connectivity index (χ0v) is 13.6. The Morgan fingerprint density at radius 2 is 2.09 bits per heavy atom. The van der Waals surface area contributed by atoms with Crippen LogP contribution in [0.25, 0.3) is 0 Å². The standard InChI is InChI=1S/C18H26N2O2/c1-3-19-11-9-18(10-12-19)14-20(17(21)22-18)13-16-6-4-5-15(2)7-8-16/h4-8,15H,3,9-14H2,1-2H3. The Balaban J connectivity index is 1.62. The number of carbonyl (C=O) groups excluding carboxylic acids is 1. The van der Waals surface area contributed by atoms with Crippen LogP contribution in [0.2, 0.25) is 0 Å². The first-order chi connectivity index (χ1) is 10.6. The SMILES string of the molecule is CCN1CCC2(CC1)CN(CC1=CC=CC(C)C=C1)C(=O)O2. The van der Waals surface area contributed by atoms with E-state index in [-0.39, 0.29) is 11.7 Å². The van der Waals surface area contributed by atoms with Crippen LogP contribution in [-0.2, 0) is 4.74 Å². The lowest BCUT2D eigenvalue weighted by Crippen LogP contribution is -2.46. The van der Waals surface area contributed by atoms with E-state index in [1.165, 1.54) is 5.57 Å². The smallest absolute Gasteiger partial charge is 0.410 e. The predicted octanol–water partition coefficient (Wildman–Crippen LogP) is 2.98. The molecule has 4 heteroatoms. The summed E-state index contributed by atoms with van der Waals surface area (Å²) in [6.07, 6.45) is 12.4. The zero-order chi connectivity index (χ0) is 15.6. The van der Waals surface area contributed by atoms with Gasteiger partial charge in [0, 0.05) is 32.5 Å². The second-order valence-electron chi connectivity index (χ2n) is 6.69. The van der Waals surface area contributed by atoms with Crippen LogP contribution < -0.4 is 0 Å². The van der Waals surface area contributed by atoms with Crippen molar-refractivity contribution in [3.63, 3.8) is 0 Å². The van der Waals surface area contributed by atoms with Gasteiger partial charge in [0.15, 0.2) is 0 Å². The van der Waals surface area contributed by atoms with Crippen molar-refractivity contribution in [2.75, 3.05) is 32.7 Å². The summed E-state index contributed by atoms with van der Waals surface area (Å²) in [7, 11) is 0. The van der Waals surface area contributed by atoms with E-state index >= 15 is 0 Å². The van der Waals surface area contributed by atoms with E-state index in [4.69, 9.17) is 4.74 Å². The van der Waals surface area contributed by atoms with Gasteiger partial charge in [-0.2, -0.15) is 0 Å². The first-order valence-corrected chi connectivity index (χ1v) is 8.36. The quantitative estimate of drug-likeness (QED) is 0.803. The fourth-order valence-electron chi connectivity index (χ4n) is 3.43. The Kier molecular flexibility index (Phi) is 4.39. The third-order valence-corrected chi connectivity index (χ3v) is 4.97. The van der Waals surface area contributed by atoms with E-state index in [2.05, 4.69) is 49.1 Å². The Morgan fingerprint density at radius 1 is 1.32 bits per heavy atom. The van der Waals surface area contributed by atoms with E-state index in [1.807, 2.05) is 4.90 Å². The molecule has 0 saturated carbocycles. The maximum atomic E-state index is 12.2. The molecule has 1 aliphatic carbocycles. The highest BCUT2D eigenvalue weighted by molar-refractivity contribution is 5.71. The number of allylic oxidation sites excluding steroid dienone is 4. The highest BCUT2D eigenvalue weighted by Gasteiger charge is 2.46. The lowest BCUT2D eigenvalue weighted by Gasteiger charge is -2.36. The van der Waals surface area contributed by atoms with Gasteiger partial charge in [-0.05, 0) is 18.0 Å². The first kappa shape index (κ1) is 15.3. The minimum Gasteiger partial charge on any atom is -0.441 e. The van der Waals surface area contributed by atoms with Gasteiger partial charge in [0.1, 0.15) is 5.60 Å². The lowest BCUT2D eigenvalue weighted by atomic mass is 9.91. The summed E-state index contributed by atoms with van der Waals surface area (Å²) in [5.41, 5.74) is 0.918. The van der Waals surface area contributed by atoms with Gasteiger partial charge in [0.05, 0.1) is 6.54 Å². The maximum Gasteiger partial charge on any atom is 0.410 e. The molecule has 1 atom stereocenters. The van der Waals surface area contributed by atoms with E-state index in [1.54, 1.807) is 0 Å². The average Bonchev–Trinajstić information content (AvgIpc) is 2.67. The molecule has 3 rings (SSSR count). The van der Waals surface area contributed by atoms with Crippen LogP contribution in [0.15, 0.2) is 36.0 Å². The fraction of sp³-hybridized carbons (Fsp3) is 0.611. The molecular weight excluding hydrogens is 276 g/mol. The lowest BCUT2D eigenvalue weighted by molar-refractivity contribution is 0.00200. The fourth-order valence-corrected chi connectivity index (χ4v) is 3.43. The molecule has 4 nitrogen and oxygen atoms in total. The Bertz CT molecular complexity index is 513. The number of amides is 1. The Morgan fingerprint density at radius 3 is 2.82 bits per heavy atom. The molecule has 0 radical (unpaired) electrons. The van der Waals surface area contributed by atoms with Gasteiger partial charge in [0.2, 0.25) is 0 Å². The number of likely N-dealkylation sites (tertiary alicyclic amines) is 1. The third kappa shape index (κ3) is 3.27. The zero-order valence-electron chi connectivity index (χ0n) is 13.6. The number of nitrogens with zero attached hydrogens (tertiary/aromatic N) is 2. The van der Waals surface area contributed by atoms with Crippen molar-refractivity contribution < 1.29 is 9.53 Å². The van der Waals surface area contributed by atoms with Crippen LogP contribution in [0.5, 0.6) is 0 Å². The van der Waals surface area contributed by atoms with Gasteiger partial charge in [-0.15, -0.1) is 0 Å². The molecule has 1 unspecified atom stereocenters. The molecule has 1 amide bonds. The van der Waals surface area contributed by atoms with E-state index < -0.39 is 0 Å². The topological polar surface area (TPSA) is 32.8 Å². The van der Waals surface area contributed by atoms with Crippen LogP contribution in [0.3, 0.4) is 0 Å². The molecule has 2 fully saturated rings. The number of piperidine rings is 1. The van der Waals surface area contributed by atoms with E-state index in [9.17, 15) is 4.79 Å². The van der Waals surface area contributed by atoms with Crippen LogP contribution in [0.1, 0.15) is 26.7 Å². The first-order valence-electron chi connectivity index (χ1n) is 8.36. The molecule has 120 valence electrons. The minimum absolute atomic E-state index is 0.152. The molecule has 1 spiro atoms. The van der Waals surface area contributed by atoms with E-state index in [0.717, 1.165) is 39.0 Å². The number of hydrogen-bond donors (Lipinski definition) is 0. The van der Waals surface area contributed by atoms with Gasteiger partial charge in [-0.3, -0.25) is 4.90 Å². The molecular formula is C18H26N2O2. The van der Waals surface area contributed by atoms with Crippen molar-refractivity contribution in [1.82, 2.24) is 9.80 Å². The highest BCUT2D eigenvalue weighted by atomic mass is 16.6. The predicted molar refractivity (Wildman–Crippen MR) is 87.7 cm³/mol. The van der Waals surface area contributed by atoms with Crippen LogP contribution in [0.4, 0.5) is 4.79 Å². The number of carbonyl (C=O) groups is 1. The second kappa shape index (κ2) is 6.29. The highest BCUT2D eigenvalue weighted by Crippen LogP contribution is 2.33. The largest absolute Gasteiger partial charge is 0.441 e. The second-order valence-corrected chi connectivity index (χ2v) is 6.69. The summed E-state index contributed by atoms with van der Waals surface area (Å²) in [5.74, 6) is 0.448. The van der Waals surface area contributed by atoms with Crippen LogP contribution in [-0.4, -0.2) is 54.2 Å². The van der Waals surface area contributed by atoms with Crippen molar-refractivity contribution in [1.29, 1.82) is 0 Å². The van der Waals surface area contributed by atoms with Crippen molar-refractivity contribution in [2.45, 2.75) is 32.3 Å². The van der Waals surface area contributed by atoms with E-state index in [0.29, 0.717) is 12.5 Å². The van der Waals surface area contributed by atoms with Crippen LogP contribution >= 0.6 is 0 Å². The monoisotopic (exact) mass is 302 g/mol. The summed E-state index contributed by atoms with van der Waals surface area (Å²) in [6.45, 7) is 8.85. The summed E-state index contributed by atoms with van der Waals surface area (Å²) in [5, 5.41) is 0. The van der Waals surface area contributed by atoms with Crippen molar-refractivity contribution in [2.24, 2.45) is 5.92 Å². The van der Waals surface area contributed by atoms with Gasteiger partial charge >= 0.3 is 6.09 Å². The maximum absolute atomic E-state index is 12.2. The third-order valence-electron chi connectivity index (χ3n) is 4.97. The molecule has 22 heavy (non-hydrogen) atoms. The van der Waals surface area contributed by atoms with Gasteiger partial charge < -0.3 is 9.64 Å². The molecule has 2 saturated heterocycles. The molecule has 2 aliphatic heterocycles. The molecule has 0 N–H and O–H groups in total. The number of hydrogen-bond acceptors (Lipinski definition) is 3. The average molecular weight is 302 g/mol. The van der Waals surface area contributed by atoms with Crippen molar-refractivity contribution in [3.05, 3.63) is 36.0 Å². The summed E-state index contributed by atoms with van der Waals surface area (Å²) in [6, 6.07) is 0. The van der Waals surface area contributed by atoms with Crippen LogP contribution in [0, 0.1) is 5.92 Å². The molecule has 0 aromatic heterocycles. The van der Waals surface area contributed by atoms with Gasteiger partial charge in [0.25, 0.3) is 0 Å². The Labute approximate surface area is 133 Å². The van der Waals surface area contributed by atoms with Crippen molar-refractivity contribution in [3.8, 4) is 0 Å². The molecule has 3 aliphatic rings. The summed E-state index contributed by atoms with van der Waals surface area (Å²) >= 11 is 0. The van der Waals surface area contributed by atoms with Gasteiger partial charge in [-0.25, -0.2) is 4.79 Å². The molecule has 0 bridgehead atoms. The van der Waals surface area contributed by atoms with Gasteiger partial charge in [-0.1, -0.05) is 44.2 Å². The summed E-state index contributed by atoms with van der Waals surface area (Å²) in [4.78, 5) is 16.5. The number of rotatable bonds is 3. The Hall–Kier alpha value is -1.55. The number of ether oxygens (including phenoxy) is 1. The minimum atomic E-state index is -0.249. The summed E-state index contributed by atoms with van der Waals surface area (Å²) < 4.78 is 5.78. The molecule has 0 aromatic carbocycles. The normalized spacial score (nSPS) is 27.9.